The molecule has 0 radical (unpaired) electrons. The van der Waals surface area contributed by atoms with Gasteiger partial charge >= 0.3 is 0 Å². The maximum atomic E-state index is 11.3. The maximum absolute atomic E-state index is 11.3. The number of hydrogen-bond acceptors (Lipinski definition) is 2. The molecule has 3 heteroatoms. The van der Waals surface area contributed by atoms with Crippen LogP contribution < -0.4 is 5.32 Å². The first-order chi connectivity index (χ1) is 8.99. The molecule has 0 aliphatic carbocycles. The van der Waals surface area contributed by atoms with Crippen LogP contribution in [0.2, 0.25) is 13.1 Å². The third kappa shape index (κ3) is 3.38. The van der Waals surface area contributed by atoms with Crippen molar-refractivity contribution in [3.8, 4) is 0 Å². The first kappa shape index (κ1) is 13.7. The van der Waals surface area contributed by atoms with Gasteiger partial charge in [0, 0.05) is 17.1 Å². The fourth-order valence-corrected chi connectivity index (χ4v) is 4.63. The van der Waals surface area contributed by atoms with E-state index in [1.54, 1.807) is 6.92 Å². The summed E-state index contributed by atoms with van der Waals surface area (Å²) in [4.78, 5) is 15.8. The predicted molar refractivity (Wildman–Crippen MR) is 81.5 cm³/mol. The minimum atomic E-state index is -1.56. The molecule has 0 atom stereocenters. The Morgan fingerprint density at radius 1 is 1.11 bits per heavy atom. The highest BCUT2D eigenvalue weighted by Gasteiger charge is 2.25. The van der Waals surface area contributed by atoms with Crippen molar-refractivity contribution in [2.45, 2.75) is 26.1 Å². The summed E-state index contributed by atoms with van der Waals surface area (Å²) in [5.41, 5.74) is 2.06. The zero-order valence-electron chi connectivity index (χ0n) is 11.7. The van der Waals surface area contributed by atoms with E-state index in [9.17, 15) is 4.79 Å². The number of hydrogen-bond donors (Lipinski definition) is 0. The van der Waals surface area contributed by atoms with Gasteiger partial charge in [0.05, 0.1) is 0 Å². The van der Waals surface area contributed by atoms with Crippen LogP contribution in [0.5, 0.6) is 0 Å². The minimum Gasteiger partial charge on any atom is -0.295 e. The molecule has 98 valence electrons. The normalized spacial score (nSPS) is 11.3. The lowest BCUT2D eigenvalue weighted by molar-refractivity contribution is 0.101. The van der Waals surface area contributed by atoms with Crippen LogP contribution >= 0.6 is 0 Å². The number of rotatable bonds is 4. The second kappa shape index (κ2) is 5.49. The Morgan fingerprint density at radius 3 is 2.32 bits per heavy atom. The maximum Gasteiger partial charge on any atom is 0.159 e. The van der Waals surface area contributed by atoms with E-state index in [1.165, 1.54) is 10.9 Å². The highest BCUT2D eigenvalue weighted by molar-refractivity contribution is 6.88. The molecule has 19 heavy (non-hydrogen) atoms. The largest absolute Gasteiger partial charge is 0.295 e. The fraction of sp³-hybridized carbons (Fsp3) is 0.250. The molecule has 0 amide bonds. The van der Waals surface area contributed by atoms with Crippen molar-refractivity contribution in [1.82, 2.24) is 4.98 Å². The Labute approximate surface area is 115 Å². The van der Waals surface area contributed by atoms with Crippen LogP contribution in [-0.2, 0) is 6.04 Å². The van der Waals surface area contributed by atoms with E-state index in [0.29, 0.717) is 0 Å². The Bertz CT molecular complexity index is 561. The van der Waals surface area contributed by atoms with Crippen LogP contribution in [0, 0.1) is 0 Å². The van der Waals surface area contributed by atoms with Crippen molar-refractivity contribution in [3.63, 3.8) is 0 Å². The van der Waals surface area contributed by atoms with Gasteiger partial charge < -0.3 is 0 Å². The monoisotopic (exact) mass is 269 g/mol. The molecule has 1 aromatic heterocycles. The van der Waals surface area contributed by atoms with Gasteiger partial charge in [-0.05, 0) is 25.1 Å². The molecule has 1 heterocycles. The number of ketones is 1. The molecule has 0 unspecified atom stereocenters. The van der Waals surface area contributed by atoms with Crippen molar-refractivity contribution >= 4 is 19.2 Å². The van der Waals surface area contributed by atoms with Gasteiger partial charge in [-0.2, -0.15) is 0 Å². The van der Waals surface area contributed by atoms with Gasteiger partial charge in [0.1, 0.15) is 8.07 Å². The molecule has 2 nitrogen and oxygen atoms in total. The zero-order valence-corrected chi connectivity index (χ0v) is 12.7. The summed E-state index contributed by atoms with van der Waals surface area (Å²) in [6.45, 7) is 6.25. The average Bonchev–Trinajstić information content (AvgIpc) is 2.40. The lowest BCUT2D eigenvalue weighted by Gasteiger charge is -2.21. The minimum absolute atomic E-state index is 0.118. The molecule has 0 bridgehead atoms. The standard InChI is InChI=1S/C16H19NOSi/c1-13(18)15-9-7-14(8-10-15)12-19(2,3)16-6-4-5-11-17-16/h4-11H,12H2,1-3H3. The van der Waals surface area contributed by atoms with Crippen molar-refractivity contribution < 1.29 is 4.79 Å². The number of nitrogens with zero attached hydrogens (tertiary/aromatic N) is 1. The zero-order chi connectivity index (χ0) is 13.9. The van der Waals surface area contributed by atoms with Gasteiger partial charge in [-0.15, -0.1) is 0 Å². The second-order valence-corrected chi connectivity index (χ2v) is 10.2. The SMILES string of the molecule is CC(=O)c1ccc(C[Si](C)(C)c2ccccn2)cc1. The second-order valence-electron chi connectivity index (χ2n) is 5.53. The van der Waals surface area contributed by atoms with Gasteiger partial charge in [-0.1, -0.05) is 49.0 Å². The van der Waals surface area contributed by atoms with Crippen LogP contribution in [-0.4, -0.2) is 18.8 Å². The fourth-order valence-electron chi connectivity index (χ4n) is 2.22. The molecule has 0 fully saturated rings. The van der Waals surface area contributed by atoms with E-state index < -0.39 is 8.07 Å². The molecule has 2 rings (SSSR count). The topological polar surface area (TPSA) is 30.0 Å². The molecular formula is C16H19NOSi. The molecule has 0 N–H and O–H groups in total. The summed E-state index contributed by atoms with van der Waals surface area (Å²) >= 11 is 0. The summed E-state index contributed by atoms with van der Waals surface area (Å²) in [5.74, 6) is 0.118. The van der Waals surface area contributed by atoms with E-state index in [1.807, 2.05) is 24.4 Å². The molecule has 0 aliphatic rings. The van der Waals surface area contributed by atoms with Gasteiger partial charge in [-0.3, -0.25) is 9.78 Å². The molecular weight excluding hydrogens is 250 g/mol. The van der Waals surface area contributed by atoms with Crippen molar-refractivity contribution in [2.24, 2.45) is 0 Å². The van der Waals surface area contributed by atoms with Crippen LogP contribution in [0.3, 0.4) is 0 Å². The summed E-state index contributed by atoms with van der Waals surface area (Å²) in [6.07, 6.45) is 1.86. The summed E-state index contributed by atoms with van der Waals surface area (Å²) in [6, 6.07) is 15.1. The third-order valence-electron chi connectivity index (χ3n) is 3.36. The Kier molecular flexibility index (Phi) is 3.95. The first-order valence-electron chi connectivity index (χ1n) is 6.50. The Morgan fingerprint density at radius 2 is 1.79 bits per heavy atom. The quantitative estimate of drug-likeness (QED) is 0.631. The molecule has 0 spiro atoms. The first-order valence-corrected chi connectivity index (χ1v) is 9.71. The summed E-state index contributed by atoms with van der Waals surface area (Å²) in [5, 5.41) is 1.23. The lowest BCUT2D eigenvalue weighted by atomic mass is 10.1. The summed E-state index contributed by atoms with van der Waals surface area (Å²) < 4.78 is 0. The number of carbonyl (C=O) groups excluding carboxylic acids is 1. The van der Waals surface area contributed by atoms with Gasteiger partial charge in [0.2, 0.25) is 0 Å². The molecule has 1 aromatic carbocycles. The molecule has 2 aromatic rings. The Balaban J connectivity index is 2.18. The van der Waals surface area contributed by atoms with Gasteiger partial charge in [0.15, 0.2) is 5.78 Å². The summed E-state index contributed by atoms with van der Waals surface area (Å²) in [7, 11) is -1.56. The van der Waals surface area contributed by atoms with Crippen LogP contribution in [0.4, 0.5) is 0 Å². The molecule has 0 saturated carbocycles. The third-order valence-corrected chi connectivity index (χ3v) is 6.34. The van der Waals surface area contributed by atoms with E-state index in [-0.39, 0.29) is 5.78 Å². The average molecular weight is 269 g/mol. The van der Waals surface area contributed by atoms with Crippen molar-refractivity contribution in [3.05, 3.63) is 59.8 Å². The van der Waals surface area contributed by atoms with Crippen LogP contribution in [0.15, 0.2) is 48.7 Å². The van der Waals surface area contributed by atoms with Crippen LogP contribution in [0.1, 0.15) is 22.8 Å². The molecule has 0 saturated heterocycles. The van der Waals surface area contributed by atoms with E-state index >= 15 is 0 Å². The molecule has 0 aliphatic heterocycles. The highest BCUT2D eigenvalue weighted by atomic mass is 28.3. The van der Waals surface area contributed by atoms with E-state index in [2.05, 4.69) is 42.3 Å². The predicted octanol–water partition coefficient (Wildman–Crippen LogP) is 2.98. The van der Waals surface area contributed by atoms with E-state index in [4.69, 9.17) is 0 Å². The van der Waals surface area contributed by atoms with Gasteiger partial charge in [-0.25, -0.2) is 0 Å². The number of benzene rings is 1. The van der Waals surface area contributed by atoms with Crippen molar-refractivity contribution in [2.75, 3.05) is 0 Å². The highest BCUT2D eigenvalue weighted by Crippen LogP contribution is 2.13. The smallest absolute Gasteiger partial charge is 0.159 e. The van der Waals surface area contributed by atoms with Crippen LogP contribution in [0.25, 0.3) is 0 Å². The van der Waals surface area contributed by atoms with Gasteiger partial charge in [0.25, 0.3) is 0 Å². The number of pyridine rings is 1. The number of aromatic nitrogens is 1. The lowest BCUT2D eigenvalue weighted by Crippen LogP contribution is -2.45. The van der Waals surface area contributed by atoms with E-state index in [0.717, 1.165) is 11.6 Å². The van der Waals surface area contributed by atoms with Crippen molar-refractivity contribution in [1.29, 1.82) is 0 Å². The Hall–Kier alpha value is -1.74. The number of Topliss-reactive ketones (excluding diaryl/α,β-unsaturated/α-hetero) is 1. The number of carbonyl (C=O) groups is 1.